The Morgan fingerprint density at radius 2 is 1.68 bits per heavy atom. The van der Waals surface area contributed by atoms with Crippen molar-refractivity contribution >= 4 is 26.4 Å². The number of nitrogens with two attached hydrogens (primary N) is 1. The van der Waals surface area contributed by atoms with Crippen molar-refractivity contribution < 1.29 is 4.39 Å². The first-order chi connectivity index (χ1) is 9.16. The highest BCUT2D eigenvalue weighted by molar-refractivity contribution is 7.22. The molecule has 2 aromatic carbocycles. The van der Waals surface area contributed by atoms with E-state index in [0.29, 0.717) is 21.5 Å². The highest BCUT2D eigenvalue weighted by Crippen LogP contribution is 2.30. The Bertz CT molecular complexity index is 808. The lowest BCUT2D eigenvalue weighted by molar-refractivity contribution is 0.628. The predicted octanol–water partition coefficient (Wildman–Crippen LogP) is 3.65. The Morgan fingerprint density at radius 1 is 1.00 bits per heavy atom. The van der Waals surface area contributed by atoms with Crippen LogP contribution in [0.25, 0.3) is 21.2 Å². The number of rotatable bonds is 1. The zero-order valence-electron chi connectivity index (χ0n) is 9.89. The minimum atomic E-state index is -0.334. The minimum Gasteiger partial charge on any atom is -0.390 e. The van der Waals surface area contributed by atoms with Crippen molar-refractivity contribution in [2.24, 2.45) is 0 Å². The molecule has 4 heteroatoms. The van der Waals surface area contributed by atoms with E-state index in [1.54, 1.807) is 18.2 Å². The molecule has 0 unspecified atom stereocenters. The number of nitrogen functional groups attached to an aromatic ring is 1. The van der Waals surface area contributed by atoms with E-state index in [1.165, 1.54) is 23.5 Å². The van der Waals surface area contributed by atoms with Gasteiger partial charge in [0.05, 0.1) is 10.6 Å². The first kappa shape index (κ1) is 11.9. The standard InChI is InChI=1S/C15H10FNOS/c16-10-7-5-9(6-8-10)13-14(18)11-3-1-2-4-12(11)19-15(13)17/h1-8H,17H2. The van der Waals surface area contributed by atoms with Gasteiger partial charge in [-0.1, -0.05) is 24.3 Å². The average Bonchev–Trinajstić information content (AvgIpc) is 2.41. The molecule has 1 aromatic heterocycles. The number of hydrogen-bond donors (Lipinski definition) is 1. The van der Waals surface area contributed by atoms with Crippen molar-refractivity contribution in [3.05, 3.63) is 64.6 Å². The summed E-state index contributed by atoms with van der Waals surface area (Å²) in [6.45, 7) is 0. The van der Waals surface area contributed by atoms with Crippen LogP contribution in [-0.2, 0) is 0 Å². The van der Waals surface area contributed by atoms with Crippen LogP contribution >= 0.6 is 11.3 Å². The van der Waals surface area contributed by atoms with Gasteiger partial charge in [-0.15, -0.1) is 11.3 Å². The molecule has 19 heavy (non-hydrogen) atoms. The van der Waals surface area contributed by atoms with Crippen molar-refractivity contribution in [2.45, 2.75) is 0 Å². The summed E-state index contributed by atoms with van der Waals surface area (Å²) >= 11 is 1.37. The number of halogens is 1. The van der Waals surface area contributed by atoms with Crippen molar-refractivity contribution in [3.63, 3.8) is 0 Å². The molecular weight excluding hydrogens is 261 g/mol. The van der Waals surface area contributed by atoms with Crippen LogP contribution in [0.5, 0.6) is 0 Å². The van der Waals surface area contributed by atoms with Gasteiger partial charge < -0.3 is 5.73 Å². The zero-order valence-corrected chi connectivity index (χ0v) is 10.7. The second kappa shape index (κ2) is 4.48. The van der Waals surface area contributed by atoms with Crippen LogP contribution in [0.15, 0.2) is 53.3 Å². The van der Waals surface area contributed by atoms with Crippen LogP contribution in [0.4, 0.5) is 9.39 Å². The van der Waals surface area contributed by atoms with E-state index in [4.69, 9.17) is 5.73 Å². The van der Waals surface area contributed by atoms with Gasteiger partial charge in [0, 0.05) is 10.1 Å². The first-order valence-corrected chi connectivity index (χ1v) is 6.56. The van der Waals surface area contributed by atoms with Crippen molar-refractivity contribution in [3.8, 4) is 11.1 Å². The summed E-state index contributed by atoms with van der Waals surface area (Å²) in [5, 5.41) is 1.09. The number of hydrogen-bond acceptors (Lipinski definition) is 3. The van der Waals surface area contributed by atoms with Crippen LogP contribution in [0.2, 0.25) is 0 Å². The first-order valence-electron chi connectivity index (χ1n) is 5.74. The molecule has 0 spiro atoms. The molecule has 0 saturated carbocycles. The summed E-state index contributed by atoms with van der Waals surface area (Å²) in [6, 6.07) is 13.1. The summed E-state index contributed by atoms with van der Waals surface area (Å²) < 4.78 is 13.8. The Kier molecular flexibility index (Phi) is 2.80. The van der Waals surface area contributed by atoms with Gasteiger partial charge in [0.1, 0.15) is 5.82 Å². The fourth-order valence-corrected chi connectivity index (χ4v) is 3.02. The van der Waals surface area contributed by atoms with Crippen LogP contribution in [-0.4, -0.2) is 0 Å². The van der Waals surface area contributed by atoms with Gasteiger partial charge in [0.25, 0.3) is 0 Å². The second-order valence-electron chi connectivity index (χ2n) is 4.17. The van der Waals surface area contributed by atoms with Gasteiger partial charge in [-0.25, -0.2) is 4.39 Å². The maximum Gasteiger partial charge on any atom is 0.197 e. The SMILES string of the molecule is Nc1sc2ccccc2c(=O)c1-c1ccc(F)cc1. The molecule has 94 valence electrons. The topological polar surface area (TPSA) is 43.1 Å². The summed E-state index contributed by atoms with van der Waals surface area (Å²) in [6.07, 6.45) is 0. The molecule has 3 aromatic rings. The van der Waals surface area contributed by atoms with E-state index in [1.807, 2.05) is 18.2 Å². The second-order valence-corrected chi connectivity index (χ2v) is 5.26. The molecule has 2 N–H and O–H groups in total. The van der Waals surface area contributed by atoms with Gasteiger partial charge >= 0.3 is 0 Å². The summed E-state index contributed by atoms with van der Waals surface area (Å²) in [7, 11) is 0. The van der Waals surface area contributed by atoms with Gasteiger partial charge in [0.2, 0.25) is 0 Å². The fourth-order valence-electron chi connectivity index (χ4n) is 2.05. The lowest BCUT2D eigenvalue weighted by Gasteiger charge is -2.06. The maximum absolute atomic E-state index is 12.9. The molecule has 0 fully saturated rings. The zero-order chi connectivity index (χ0) is 13.4. The minimum absolute atomic E-state index is 0.113. The Morgan fingerprint density at radius 3 is 2.42 bits per heavy atom. The highest BCUT2D eigenvalue weighted by Gasteiger charge is 2.12. The molecule has 0 aliphatic carbocycles. The largest absolute Gasteiger partial charge is 0.390 e. The molecule has 0 aliphatic rings. The average molecular weight is 271 g/mol. The van der Waals surface area contributed by atoms with Crippen molar-refractivity contribution in [2.75, 3.05) is 5.73 Å². The molecule has 0 radical (unpaired) electrons. The molecule has 0 atom stereocenters. The predicted molar refractivity (Wildman–Crippen MR) is 77.9 cm³/mol. The van der Waals surface area contributed by atoms with Gasteiger partial charge in [-0.05, 0) is 29.8 Å². The third-order valence-electron chi connectivity index (χ3n) is 2.96. The van der Waals surface area contributed by atoms with E-state index < -0.39 is 0 Å². The normalized spacial score (nSPS) is 10.8. The fraction of sp³-hybridized carbons (Fsp3) is 0. The lowest BCUT2D eigenvalue weighted by atomic mass is 10.1. The molecule has 0 saturated heterocycles. The van der Waals surface area contributed by atoms with E-state index in [2.05, 4.69) is 0 Å². The number of benzene rings is 2. The van der Waals surface area contributed by atoms with Crippen LogP contribution in [0.3, 0.4) is 0 Å². The van der Waals surface area contributed by atoms with Crippen LogP contribution < -0.4 is 11.2 Å². The molecule has 0 amide bonds. The maximum atomic E-state index is 12.9. The van der Waals surface area contributed by atoms with Crippen molar-refractivity contribution in [1.29, 1.82) is 0 Å². The quantitative estimate of drug-likeness (QED) is 0.734. The van der Waals surface area contributed by atoms with E-state index in [-0.39, 0.29) is 11.2 Å². The Labute approximate surface area is 112 Å². The number of anilines is 1. The Hall–Kier alpha value is -2.20. The molecule has 1 heterocycles. The third-order valence-corrected chi connectivity index (χ3v) is 3.96. The molecule has 0 aliphatic heterocycles. The summed E-state index contributed by atoms with van der Waals surface area (Å²) in [5.41, 5.74) is 6.96. The van der Waals surface area contributed by atoms with E-state index in [9.17, 15) is 9.18 Å². The third kappa shape index (κ3) is 2.00. The number of fused-ring (bicyclic) bond motifs is 1. The van der Waals surface area contributed by atoms with Gasteiger partial charge in [-0.2, -0.15) is 0 Å². The molecule has 2 nitrogen and oxygen atoms in total. The van der Waals surface area contributed by atoms with Crippen molar-refractivity contribution in [1.82, 2.24) is 0 Å². The Balaban J connectivity index is 2.35. The highest BCUT2D eigenvalue weighted by atomic mass is 32.1. The van der Waals surface area contributed by atoms with Gasteiger partial charge in [-0.3, -0.25) is 4.79 Å². The smallest absolute Gasteiger partial charge is 0.197 e. The monoisotopic (exact) mass is 271 g/mol. The summed E-state index contributed by atoms with van der Waals surface area (Å²) in [5.74, 6) is -0.334. The van der Waals surface area contributed by atoms with E-state index >= 15 is 0 Å². The van der Waals surface area contributed by atoms with E-state index in [0.717, 1.165) is 4.70 Å². The van der Waals surface area contributed by atoms with Crippen LogP contribution in [0.1, 0.15) is 0 Å². The molecule has 0 bridgehead atoms. The van der Waals surface area contributed by atoms with Gasteiger partial charge in [0.15, 0.2) is 5.43 Å². The lowest BCUT2D eigenvalue weighted by Crippen LogP contribution is -2.07. The summed E-state index contributed by atoms with van der Waals surface area (Å²) in [4.78, 5) is 12.5. The molecule has 3 rings (SSSR count). The van der Waals surface area contributed by atoms with Crippen LogP contribution in [0, 0.1) is 5.82 Å². The molecular formula is C15H10FNOS.